The third kappa shape index (κ3) is 9.50. The first-order valence-electron chi connectivity index (χ1n) is 8.16. The summed E-state index contributed by atoms with van der Waals surface area (Å²) in [5, 5.41) is 5.74. The lowest BCUT2D eigenvalue weighted by atomic mass is 10.1. The van der Waals surface area contributed by atoms with Crippen molar-refractivity contribution in [2.24, 2.45) is 10.7 Å². The van der Waals surface area contributed by atoms with Crippen LogP contribution in [0.1, 0.15) is 38.2 Å². The maximum absolute atomic E-state index is 12.8. The summed E-state index contributed by atoms with van der Waals surface area (Å²) in [4.78, 5) is 15.9. The summed E-state index contributed by atoms with van der Waals surface area (Å²) >= 11 is 0. The van der Waals surface area contributed by atoms with E-state index >= 15 is 0 Å². The molecule has 0 heterocycles. The number of carbonyl (C=O) groups excluding carboxylic acids is 1. The number of unbranched alkanes of at least 4 members (excludes halogenated alkanes) is 3. The van der Waals surface area contributed by atoms with Gasteiger partial charge in [-0.3, -0.25) is 9.79 Å². The van der Waals surface area contributed by atoms with Crippen molar-refractivity contribution in [1.82, 2.24) is 10.6 Å². The van der Waals surface area contributed by atoms with Crippen LogP contribution in [0.2, 0.25) is 0 Å². The van der Waals surface area contributed by atoms with E-state index in [0.29, 0.717) is 19.0 Å². The Morgan fingerprint density at radius 2 is 1.83 bits per heavy atom. The van der Waals surface area contributed by atoms with E-state index in [1.807, 2.05) is 0 Å². The molecule has 1 aromatic rings. The summed E-state index contributed by atoms with van der Waals surface area (Å²) in [7, 11) is 0. The first-order chi connectivity index (χ1) is 11.1. The van der Waals surface area contributed by atoms with E-state index < -0.39 is 0 Å². The molecule has 0 unspecified atom stereocenters. The normalized spacial score (nSPS) is 11.3. The molecule has 0 aliphatic rings. The summed E-state index contributed by atoms with van der Waals surface area (Å²) in [6.45, 7) is 3.89. The molecule has 0 radical (unpaired) electrons. The fourth-order valence-electron chi connectivity index (χ4n) is 2.04. The summed E-state index contributed by atoms with van der Waals surface area (Å²) < 4.78 is 12.8. The zero-order valence-electron chi connectivity index (χ0n) is 13.8. The van der Waals surface area contributed by atoms with E-state index in [4.69, 9.17) is 5.73 Å². The van der Waals surface area contributed by atoms with Gasteiger partial charge in [-0.1, -0.05) is 38.3 Å². The first kappa shape index (κ1) is 18.9. The second-order valence-electron chi connectivity index (χ2n) is 5.41. The van der Waals surface area contributed by atoms with Gasteiger partial charge in [0, 0.05) is 19.6 Å². The van der Waals surface area contributed by atoms with Gasteiger partial charge in [0.2, 0.25) is 5.91 Å². The molecule has 4 N–H and O–H groups in total. The first-order valence-corrected chi connectivity index (χ1v) is 8.16. The molecule has 0 fully saturated rings. The summed E-state index contributed by atoms with van der Waals surface area (Å²) in [6.07, 6.45) is 4.89. The number of hydrogen-bond acceptors (Lipinski definition) is 2. The smallest absolute Gasteiger partial charge is 0.224 e. The van der Waals surface area contributed by atoms with Gasteiger partial charge < -0.3 is 16.4 Å². The van der Waals surface area contributed by atoms with E-state index in [9.17, 15) is 9.18 Å². The van der Waals surface area contributed by atoms with E-state index in [1.54, 1.807) is 12.1 Å². The molecule has 0 spiro atoms. The Kier molecular flexibility index (Phi) is 9.43. The van der Waals surface area contributed by atoms with Crippen molar-refractivity contribution in [2.45, 2.75) is 39.0 Å². The van der Waals surface area contributed by atoms with Gasteiger partial charge in [0.1, 0.15) is 5.82 Å². The standard InChI is InChI=1S/C17H27FN4O/c1-2-3-4-5-10-21-17(19)22-12-11-20-16(23)13-14-6-8-15(18)9-7-14/h6-9H,2-5,10-13H2,1H3,(H,20,23)(H3,19,21,22). The van der Waals surface area contributed by atoms with Crippen LogP contribution in [0, 0.1) is 5.82 Å². The molecule has 0 atom stereocenters. The highest BCUT2D eigenvalue weighted by Gasteiger charge is 2.03. The molecule has 0 aliphatic heterocycles. The predicted molar refractivity (Wildman–Crippen MR) is 91.7 cm³/mol. The van der Waals surface area contributed by atoms with Crippen molar-refractivity contribution in [1.29, 1.82) is 0 Å². The predicted octanol–water partition coefficient (Wildman–Crippen LogP) is 1.97. The molecule has 1 amide bonds. The third-order valence-corrected chi connectivity index (χ3v) is 3.33. The highest BCUT2D eigenvalue weighted by Crippen LogP contribution is 2.03. The Bertz CT molecular complexity index is 488. The SMILES string of the molecule is CCCCCCN=C(N)NCCNC(=O)Cc1ccc(F)cc1. The third-order valence-electron chi connectivity index (χ3n) is 3.33. The molecule has 6 heteroatoms. The van der Waals surface area contributed by atoms with E-state index in [0.717, 1.165) is 18.5 Å². The number of benzene rings is 1. The summed E-state index contributed by atoms with van der Waals surface area (Å²) in [5.74, 6) is 0.00517. The van der Waals surface area contributed by atoms with Gasteiger partial charge in [-0.05, 0) is 24.1 Å². The number of carbonyl (C=O) groups is 1. The Hall–Kier alpha value is -2.11. The molecule has 0 bridgehead atoms. The fraction of sp³-hybridized carbons (Fsp3) is 0.529. The van der Waals surface area contributed by atoms with Crippen LogP contribution in [0.4, 0.5) is 4.39 Å². The number of rotatable bonds is 10. The van der Waals surface area contributed by atoms with Crippen LogP contribution in [-0.4, -0.2) is 31.5 Å². The molecule has 0 saturated heterocycles. The van der Waals surface area contributed by atoms with Crippen LogP contribution in [0.25, 0.3) is 0 Å². The average molecular weight is 322 g/mol. The van der Waals surface area contributed by atoms with Gasteiger partial charge >= 0.3 is 0 Å². The number of amides is 1. The van der Waals surface area contributed by atoms with Crippen LogP contribution < -0.4 is 16.4 Å². The minimum absolute atomic E-state index is 0.103. The van der Waals surface area contributed by atoms with Gasteiger partial charge in [0.25, 0.3) is 0 Å². The van der Waals surface area contributed by atoms with E-state index in [-0.39, 0.29) is 18.1 Å². The minimum atomic E-state index is -0.303. The van der Waals surface area contributed by atoms with Crippen molar-refractivity contribution in [3.05, 3.63) is 35.6 Å². The number of halogens is 1. The van der Waals surface area contributed by atoms with Crippen molar-refractivity contribution in [3.8, 4) is 0 Å². The Labute approximate surface area is 137 Å². The number of nitrogens with zero attached hydrogens (tertiary/aromatic N) is 1. The van der Waals surface area contributed by atoms with Crippen molar-refractivity contribution >= 4 is 11.9 Å². The lowest BCUT2D eigenvalue weighted by Crippen LogP contribution is -2.38. The number of hydrogen-bond donors (Lipinski definition) is 3. The van der Waals surface area contributed by atoms with Crippen LogP contribution in [0.15, 0.2) is 29.3 Å². The molecule has 128 valence electrons. The molecule has 0 saturated carbocycles. The highest BCUT2D eigenvalue weighted by atomic mass is 19.1. The summed E-state index contributed by atoms with van der Waals surface area (Å²) in [6, 6.07) is 5.91. The fourth-order valence-corrected chi connectivity index (χ4v) is 2.04. The second kappa shape index (κ2) is 11.5. The average Bonchev–Trinajstić information content (AvgIpc) is 2.53. The molecule has 23 heavy (non-hydrogen) atoms. The molecular weight excluding hydrogens is 295 g/mol. The van der Waals surface area contributed by atoms with Crippen LogP contribution in [-0.2, 0) is 11.2 Å². The summed E-state index contributed by atoms with van der Waals surface area (Å²) in [5.41, 5.74) is 6.52. The highest BCUT2D eigenvalue weighted by molar-refractivity contribution is 5.79. The van der Waals surface area contributed by atoms with E-state index in [2.05, 4.69) is 22.5 Å². The van der Waals surface area contributed by atoms with Crippen molar-refractivity contribution in [3.63, 3.8) is 0 Å². The molecule has 1 aromatic carbocycles. The van der Waals surface area contributed by atoms with Crippen molar-refractivity contribution in [2.75, 3.05) is 19.6 Å². The molecule has 1 rings (SSSR count). The monoisotopic (exact) mass is 322 g/mol. The quantitative estimate of drug-likeness (QED) is 0.350. The maximum atomic E-state index is 12.8. The molecular formula is C17H27FN4O. The topological polar surface area (TPSA) is 79.5 Å². The van der Waals surface area contributed by atoms with Crippen molar-refractivity contribution < 1.29 is 9.18 Å². The zero-order chi connectivity index (χ0) is 16.9. The van der Waals surface area contributed by atoms with Gasteiger partial charge in [-0.25, -0.2) is 4.39 Å². The Morgan fingerprint density at radius 3 is 2.52 bits per heavy atom. The number of guanidine groups is 1. The minimum Gasteiger partial charge on any atom is -0.370 e. The molecule has 5 nitrogen and oxygen atoms in total. The van der Waals surface area contributed by atoms with Gasteiger partial charge in [0.05, 0.1) is 6.42 Å². The maximum Gasteiger partial charge on any atom is 0.224 e. The molecule has 0 aliphatic carbocycles. The Balaban J connectivity index is 2.10. The van der Waals surface area contributed by atoms with Crippen LogP contribution in [0.5, 0.6) is 0 Å². The van der Waals surface area contributed by atoms with E-state index in [1.165, 1.54) is 31.4 Å². The van der Waals surface area contributed by atoms with Gasteiger partial charge in [-0.2, -0.15) is 0 Å². The lowest BCUT2D eigenvalue weighted by molar-refractivity contribution is -0.120. The van der Waals surface area contributed by atoms with Crippen LogP contribution >= 0.6 is 0 Å². The largest absolute Gasteiger partial charge is 0.370 e. The zero-order valence-corrected chi connectivity index (χ0v) is 13.8. The second-order valence-corrected chi connectivity index (χ2v) is 5.41. The number of nitrogens with two attached hydrogens (primary N) is 1. The number of nitrogens with one attached hydrogen (secondary N) is 2. The van der Waals surface area contributed by atoms with Crippen LogP contribution in [0.3, 0.4) is 0 Å². The molecule has 0 aromatic heterocycles. The van der Waals surface area contributed by atoms with Gasteiger partial charge in [0.15, 0.2) is 5.96 Å². The van der Waals surface area contributed by atoms with Gasteiger partial charge in [-0.15, -0.1) is 0 Å². The Morgan fingerprint density at radius 1 is 1.13 bits per heavy atom. The lowest BCUT2D eigenvalue weighted by Gasteiger charge is -2.08. The number of aliphatic imine (C=N–C) groups is 1.